The molecule has 3 aromatic rings. The minimum atomic E-state index is 0.0310. The number of nitrogens with zero attached hydrogens (tertiary/aromatic N) is 6. The zero-order chi connectivity index (χ0) is 23.1. The maximum absolute atomic E-state index is 9.31. The zero-order valence-electron chi connectivity index (χ0n) is 19.2. The summed E-state index contributed by atoms with van der Waals surface area (Å²) >= 11 is 0. The van der Waals surface area contributed by atoms with Crippen molar-refractivity contribution in [3.05, 3.63) is 41.1 Å². The second-order valence-electron chi connectivity index (χ2n) is 7.93. The summed E-state index contributed by atoms with van der Waals surface area (Å²) in [6, 6.07) is 8.62. The summed E-state index contributed by atoms with van der Waals surface area (Å²) in [7, 11) is 1.87. The highest BCUT2D eigenvalue weighted by molar-refractivity contribution is 5.92. The monoisotopic (exact) mass is 427 g/mol. The van der Waals surface area contributed by atoms with Gasteiger partial charge in [-0.05, 0) is 55.0 Å². The minimum absolute atomic E-state index is 0.0310. The van der Waals surface area contributed by atoms with Gasteiger partial charge in [0, 0.05) is 37.3 Å². The fraction of sp³-hybridized carbons (Fsp3) is 0.400. The van der Waals surface area contributed by atoms with Gasteiger partial charge in [0.2, 0.25) is 5.95 Å². The Hall–Kier alpha value is -3.71. The van der Waals surface area contributed by atoms with Crippen LogP contribution in [0.1, 0.15) is 49.8 Å². The van der Waals surface area contributed by atoms with Crippen LogP contribution >= 0.6 is 0 Å². The number of aryl methyl sites for hydroxylation is 2. The summed E-state index contributed by atoms with van der Waals surface area (Å²) in [5, 5.41) is 26.9. The van der Waals surface area contributed by atoms with Gasteiger partial charge in [-0.1, -0.05) is 26.3 Å². The van der Waals surface area contributed by atoms with E-state index in [-0.39, 0.29) is 5.92 Å². The van der Waals surface area contributed by atoms with Crippen LogP contribution in [0.3, 0.4) is 0 Å². The first-order chi connectivity index (χ1) is 15.5. The molecule has 0 radical (unpaired) electrons. The largest absolute Gasteiger partial charge is 0.354 e. The highest BCUT2D eigenvalue weighted by Crippen LogP contribution is 2.32. The second-order valence-corrected chi connectivity index (χ2v) is 7.93. The van der Waals surface area contributed by atoms with Crippen molar-refractivity contribution < 1.29 is 0 Å². The van der Waals surface area contributed by atoms with E-state index in [1.807, 2.05) is 19.3 Å². The van der Waals surface area contributed by atoms with Gasteiger partial charge < -0.3 is 5.32 Å². The van der Waals surface area contributed by atoms with E-state index in [4.69, 9.17) is 10.2 Å². The minimum Gasteiger partial charge on any atom is -0.354 e. The van der Waals surface area contributed by atoms with E-state index in [0.29, 0.717) is 18.1 Å². The van der Waals surface area contributed by atoms with E-state index in [9.17, 15) is 5.26 Å². The average molecular weight is 428 g/mol. The molecule has 0 fully saturated rings. The molecule has 0 aliphatic carbocycles. The van der Waals surface area contributed by atoms with E-state index < -0.39 is 0 Å². The molecule has 0 saturated carbocycles. The lowest BCUT2D eigenvalue weighted by atomic mass is 9.94. The van der Waals surface area contributed by atoms with Crippen molar-refractivity contribution in [3.8, 4) is 23.4 Å². The Morgan fingerprint density at radius 1 is 1.19 bits per heavy atom. The lowest BCUT2D eigenvalue weighted by Gasteiger charge is -2.14. The van der Waals surface area contributed by atoms with Crippen LogP contribution in [0.5, 0.6) is 0 Å². The first kappa shape index (κ1) is 23.0. The Bertz CT molecular complexity index is 1210. The number of benzene rings is 1. The van der Waals surface area contributed by atoms with Crippen molar-refractivity contribution in [2.24, 2.45) is 13.0 Å². The Kier molecular flexibility index (Phi) is 7.57. The van der Waals surface area contributed by atoms with Gasteiger partial charge in [0.25, 0.3) is 0 Å². The Balaban J connectivity index is 2.05. The van der Waals surface area contributed by atoms with Crippen LogP contribution in [0, 0.1) is 35.5 Å². The van der Waals surface area contributed by atoms with Crippen molar-refractivity contribution >= 4 is 23.1 Å². The summed E-state index contributed by atoms with van der Waals surface area (Å²) in [5.41, 5.74) is 5.78. The van der Waals surface area contributed by atoms with Crippen LogP contribution < -0.4 is 5.32 Å². The molecule has 164 valence electrons. The third-order valence-corrected chi connectivity index (χ3v) is 5.61. The van der Waals surface area contributed by atoms with Crippen molar-refractivity contribution in [1.29, 1.82) is 10.5 Å². The summed E-state index contributed by atoms with van der Waals surface area (Å²) < 4.78 is 1.75. The SMILES string of the molecule is CCCC(C#N)CCNc1nc(-c2cc(/C=C/C#N)cc(CC)c2C)c2cn(C)nc2n1. The predicted molar refractivity (Wildman–Crippen MR) is 128 cm³/mol. The number of fused-ring (bicyclic) bond motifs is 1. The molecule has 1 atom stereocenters. The molecule has 2 aromatic heterocycles. The number of anilines is 1. The zero-order valence-corrected chi connectivity index (χ0v) is 19.2. The maximum atomic E-state index is 9.31. The summed E-state index contributed by atoms with van der Waals surface area (Å²) in [6.07, 6.45) is 8.76. The standard InChI is InChI=1S/C25H29N7/c1-5-8-18(15-27)10-12-28-25-29-23(22-16-32(4)31-24(22)30-25)21-14-19(9-7-11-26)13-20(6-2)17(21)3/h7,9,13-14,16,18H,5-6,8,10,12H2,1-4H3,(H,28,30,31)/b9-7+. The lowest BCUT2D eigenvalue weighted by Crippen LogP contribution is -2.10. The molecule has 0 spiro atoms. The molecule has 0 amide bonds. The first-order valence-electron chi connectivity index (χ1n) is 11.1. The van der Waals surface area contributed by atoms with E-state index in [0.717, 1.165) is 53.5 Å². The molecule has 7 nitrogen and oxygen atoms in total. The van der Waals surface area contributed by atoms with Gasteiger partial charge in [0.1, 0.15) is 0 Å². The van der Waals surface area contributed by atoms with Crippen molar-refractivity contribution in [2.45, 2.75) is 46.5 Å². The van der Waals surface area contributed by atoms with Gasteiger partial charge in [-0.3, -0.25) is 4.68 Å². The quantitative estimate of drug-likeness (QED) is 0.472. The number of nitrogens with one attached hydrogen (secondary N) is 1. The van der Waals surface area contributed by atoms with Crippen molar-refractivity contribution in [3.63, 3.8) is 0 Å². The lowest BCUT2D eigenvalue weighted by molar-refractivity contribution is 0.562. The van der Waals surface area contributed by atoms with Gasteiger partial charge in [0.05, 0.1) is 23.2 Å². The highest BCUT2D eigenvalue weighted by Gasteiger charge is 2.17. The molecule has 1 aromatic carbocycles. The van der Waals surface area contributed by atoms with Gasteiger partial charge >= 0.3 is 0 Å². The molecular weight excluding hydrogens is 398 g/mol. The first-order valence-corrected chi connectivity index (χ1v) is 11.1. The smallest absolute Gasteiger partial charge is 0.225 e. The van der Waals surface area contributed by atoms with Crippen LogP contribution in [-0.4, -0.2) is 26.3 Å². The topological polar surface area (TPSA) is 103 Å². The number of rotatable bonds is 9. The Morgan fingerprint density at radius 3 is 2.69 bits per heavy atom. The molecule has 7 heteroatoms. The number of allylic oxidation sites excluding steroid dienone is 1. The second kappa shape index (κ2) is 10.5. The molecule has 0 bridgehead atoms. The third kappa shape index (κ3) is 5.12. The predicted octanol–water partition coefficient (Wildman–Crippen LogP) is 5.18. The number of aromatic nitrogens is 4. The van der Waals surface area contributed by atoms with Gasteiger partial charge in [-0.25, -0.2) is 4.98 Å². The Labute approximate surface area is 189 Å². The number of nitriles is 2. The van der Waals surface area contributed by atoms with Crippen molar-refractivity contribution in [2.75, 3.05) is 11.9 Å². The molecule has 0 saturated heterocycles. The number of hydrogen-bond acceptors (Lipinski definition) is 6. The highest BCUT2D eigenvalue weighted by atomic mass is 15.3. The summed E-state index contributed by atoms with van der Waals surface area (Å²) in [5.74, 6) is 0.540. The van der Waals surface area contributed by atoms with E-state index in [1.54, 1.807) is 4.68 Å². The molecule has 2 heterocycles. The van der Waals surface area contributed by atoms with Gasteiger partial charge in [0.15, 0.2) is 5.65 Å². The maximum Gasteiger partial charge on any atom is 0.225 e. The van der Waals surface area contributed by atoms with E-state index >= 15 is 0 Å². The molecule has 0 aliphatic heterocycles. The molecule has 0 aliphatic rings. The molecule has 1 N–H and O–H groups in total. The molecule has 32 heavy (non-hydrogen) atoms. The van der Waals surface area contributed by atoms with Gasteiger partial charge in [-0.2, -0.15) is 20.6 Å². The van der Waals surface area contributed by atoms with Crippen LogP contribution in [0.4, 0.5) is 5.95 Å². The Morgan fingerprint density at radius 2 is 2.00 bits per heavy atom. The summed E-state index contributed by atoms with van der Waals surface area (Å²) in [4.78, 5) is 9.46. The van der Waals surface area contributed by atoms with E-state index in [2.05, 4.69) is 60.4 Å². The number of hydrogen-bond donors (Lipinski definition) is 1. The summed E-state index contributed by atoms with van der Waals surface area (Å²) in [6.45, 7) is 6.94. The normalized spacial score (nSPS) is 12.1. The van der Waals surface area contributed by atoms with Crippen LogP contribution in [0.2, 0.25) is 0 Å². The fourth-order valence-corrected chi connectivity index (χ4v) is 3.92. The molecular formula is C25H29N7. The third-order valence-electron chi connectivity index (χ3n) is 5.61. The fourth-order valence-electron chi connectivity index (χ4n) is 3.92. The van der Waals surface area contributed by atoms with Crippen LogP contribution in [0.15, 0.2) is 24.4 Å². The van der Waals surface area contributed by atoms with Crippen LogP contribution in [-0.2, 0) is 13.5 Å². The van der Waals surface area contributed by atoms with E-state index in [1.165, 1.54) is 11.6 Å². The molecule has 3 rings (SSSR count). The molecule has 1 unspecified atom stereocenters. The van der Waals surface area contributed by atoms with Gasteiger partial charge in [-0.15, -0.1) is 0 Å². The van der Waals surface area contributed by atoms with Crippen molar-refractivity contribution in [1.82, 2.24) is 19.7 Å². The average Bonchev–Trinajstić information content (AvgIpc) is 3.17. The van der Waals surface area contributed by atoms with Crippen LogP contribution in [0.25, 0.3) is 28.4 Å².